The molecule has 3 aromatic rings. The Morgan fingerprint density at radius 2 is 2.09 bits per heavy atom. The second-order valence-corrected chi connectivity index (χ2v) is 9.57. The molecule has 0 amide bonds. The fraction of sp³-hybridized carbons (Fsp3) is 0.429. The molecule has 23 heavy (non-hydrogen) atoms. The van der Waals surface area contributed by atoms with Gasteiger partial charge in [-0.2, -0.15) is 0 Å². The van der Waals surface area contributed by atoms with Gasteiger partial charge in [0, 0.05) is 5.75 Å². The van der Waals surface area contributed by atoms with Crippen molar-refractivity contribution in [1.29, 1.82) is 0 Å². The highest BCUT2D eigenvalue weighted by molar-refractivity contribution is 8.03. The lowest BCUT2D eigenvalue weighted by molar-refractivity contribution is 0.510. The molecule has 122 valence electrons. The summed E-state index contributed by atoms with van der Waals surface area (Å²) in [6.45, 7) is 4.24. The highest BCUT2D eigenvalue weighted by atomic mass is 32.2. The lowest BCUT2D eigenvalue weighted by atomic mass is 10.4. The van der Waals surface area contributed by atoms with Gasteiger partial charge in [-0.25, -0.2) is 0 Å². The summed E-state index contributed by atoms with van der Waals surface area (Å²) in [5.74, 6) is 2.29. The van der Waals surface area contributed by atoms with Crippen LogP contribution in [0.4, 0.5) is 0 Å². The van der Waals surface area contributed by atoms with Crippen LogP contribution in [-0.4, -0.2) is 26.1 Å². The Morgan fingerprint density at radius 1 is 1.22 bits per heavy atom. The first-order valence-corrected chi connectivity index (χ1v) is 10.8. The summed E-state index contributed by atoms with van der Waals surface area (Å²) in [6, 6.07) is 3.95. The zero-order valence-corrected chi connectivity index (χ0v) is 16.0. The monoisotopic (exact) mass is 384 g/mol. The number of rotatable bonds is 8. The van der Waals surface area contributed by atoms with Crippen molar-refractivity contribution in [1.82, 2.24) is 20.4 Å². The third kappa shape index (κ3) is 4.56. The fourth-order valence-corrected chi connectivity index (χ4v) is 5.70. The Labute approximate surface area is 151 Å². The summed E-state index contributed by atoms with van der Waals surface area (Å²) in [6.07, 6.45) is 2.41. The van der Waals surface area contributed by atoms with Crippen molar-refractivity contribution in [3.63, 3.8) is 0 Å². The van der Waals surface area contributed by atoms with E-state index < -0.39 is 0 Å². The molecule has 0 saturated carbocycles. The Morgan fingerprint density at radius 3 is 2.87 bits per heavy atom. The Balaban J connectivity index is 1.59. The van der Waals surface area contributed by atoms with Crippen molar-refractivity contribution in [3.05, 3.63) is 23.4 Å². The second-order valence-electron chi connectivity index (χ2n) is 4.72. The number of thioether (sulfide) groups is 2. The smallest absolute Gasteiger partial charge is 0.257 e. The largest absolute Gasteiger partial charge is 0.419 e. The van der Waals surface area contributed by atoms with Crippen LogP contribution in [0, 0.1) is 0 Å². The molecule has 0 aliphatic carbocycles. The molecule has 3 rings (SSSR count). The van der Waals surface area contributed by atoms with E-state index in [1.165, 1.54) is 12.8 Å². The SMILES string of the molecule is CCCCSc1nnc(SC(C)c2nnc(-c3cccs3)o2)s1. The number of hydrogen-bond acceptors (Lipinski definition) is 9. The van der Waals surface area contributed by atoms with Crippen molar-refractivity contribution in [2.24, 2.45) is 0 Å². The van der Waals surface area contributed by atoms with Gasteiger partial charge in [-0.05, 0) is 24.8 Å². The van der Waals surface area contributed by atoms with Crippen LogP contribution in [-0.2, 0) is 0 Å². The molecule has 0 aromatic carbocycles. The first kappa shape index (κ1) is 16.9. The molecule has 0 radical (unpaired) electrons. The average Bonchev–Trinajstić information content (AvgIpc) is 3.29. The fourth-order valence-electron chi connectivity index (χ4n) is 1.71. The van der Waals surface area contributed by atoms with Crippen LogP contribution in [0.3, 0.4) is 0 Å². The van der Waals surface area contributed by atoms with Gasteiger partial charge in [-0.1, -0.05) is 54.3 Å². The van der Waals surface area contributed by atoms with E-state index in [1.807, 2.05) is 24.4 Å². The van der Waals surface area contributed by atoms with Crippen LogP contribution in [0.5, 0.6) is 0 Å². The molecule has 0 spiro atoms. The van der Waals surface area contributed by atoms with Crippen molar-refractivity contribution < 1.29 is 4.42 Å². The lowest BCUT2D eigenvalue weighted by Gasteiger charge is -2.01. The number of unbranched alkanes of at least 4 members (excludes halogenated alkanes) is 1. The van der Waals surface area contributed by atoms with Crippen LogP contribution in [0.1, 0.15) is 37.8 Å². The predicted molar refractivity (Wildman–Crippen MR) is 97.4 cm³/mol. The second kappa shape index (κ2) is 8.27. The summed E-state index contributed by atoms with van der Waals surface area (Å²) < 4.78 is 7.73. The zero-order chi connectivity index (χ0) is 16.1. The van der Waals surface area contributed by atoms with Gasteiger partial charge >= 0.3 is 0 Å². The van der Waals surface area contributed by atoms with Gasteiger partial charge in [-0.3, -0.25) is 0 Å². The van der Waals surface area contributed by atoms with E-state index in [-0.39, 0.29) is 5.25 Å². The van der Waals surface area contributed by atoms with Crippen LogP contribution in [0.25, 0.3) is 10.8 Å². The van der Waals surface area contributed by atoms with E-state index in [9.17, 15) is 0 Å². The van der Waals surface area contributed by atoms with Crippen LogP contribution in [0.15, 0.2) is 30.6 Å². The topological polar surface area (TPSA) is 64.7 Å². The van der Waals surface area contributed by atoms with Gasteiger partial charge in [0.15, 0.2) is 8.68 Å². The van der Waals surface area contributed by atoms with E-state index in [0.717, 1.165) is 19.3 Å². The molecule has 3 heterocycles. The van der Waals surface area contributed by atoms with E-state index in [0.29, 0.717) is 11.8 Å². The van der Waals surface area contributed by atoms with Crippen molar-refractivity contribution >= 4 is 46.2 Å². The van der Waals surface area contributed by atoms with E-state index in [4.69, 9.17) is 4.42 Å². The summed E-state index contributed by atoms with van der Waals surface area (Å²) in [7, 11) is 0. The van der Waals surface area contributed by atoms with Crippen LogP contribution in [0.2, 0.25) is 0 Å². The minimum absolute atomic E-state index is 0.0534. The highest BCUT2D eigenvalue weighted by Crippen LogP contribution is 2.38. The first-order chi connectivity index (χ1) is 11.3. The quantitative estimate of drug-likeness (QED) is 0.381. The molecule has 5 nitrogen and oxygen atoms in total. The molecular weight excluding hydrogens is 368 g/mol. The molecule has 3 aromatic heterocycles. The minimum Gasteiger partial charge on any atom is -0.419 e. The third-order valence-electron chi connectivity index (χ3n) is 2.91. The van der Waals surface area contributed by atoms with Crippen molar-refractivity contribution in [2.75, 3.05) is 5.75 Å². The van der Waals surface area contributed by atoms with Crippen LogP contribution < -0.4 is 0 Å². The summed E-state index contributed by atoms with van der Waals surface area (Å²) in [5, 5.41) is 18.8. The highest BCUT2D eigenvalue weighted by Gasteiger charge is 2.18. The molecule has 1 unspecified atom stereocenters. The summed E-state index contributed by atoms with van der Waals surface area (Å²) >= 11 is 6.60. The lowest BCUT2D eigenvalue weighted by Crippen LogP contribution is -1.88. The summed E-state index contributed by atoms with van der Waals surface area (Å²) in [4.78, 5) is 0.992. The maximum absolute atomic E-state index is 5.77. The van der Waals surface area contributed by atoms with Crippen molar-refractivity contribution in [2.45, 2.75) is 40.6 Å². The Hall–Kier alpha value is -0.900. The molecule has 0 bridgehead atoms. The van der Waals surface area contributed by atoms with E-state index in [1.54, 1.807) is 46.2 Å². The number of thiophene rings is 1. The van der Waals surface area contributed by atoms with Gasteiger partial charge in [0.2, 0.25) is 5.89 Å². The van der Waals surface area contributed by atoms with Gasteiger partial charge in [0.1, 0.15) is 0 Å². The number of nitrogens with zero attached hydrogens (tertiary/aromatic N) is 4. The maximum Gasteiger partial charge on any atom is 0.257 e. The average molecular weight is 385 g/mol. The molecule has 0 saturated heterocycles. The van der Waals surface area contributed by atoms with E-state index >= 15 is 0 Å². The molecule has 0 aliphatic heterocycles. The standard InChI is InChI=1S/C14H16N4OS4/c1-3-4-7-21-13-17-18-14(23-13)22-9(2)11-15-16-12(19-11)10-6-5-8-20-10/h5-6,8-9H,3-4,7H2,1-2H3. The molecule has 0 N–H and O–H groups in total. The van der Waals surface area contributed by atoms with Gasteiger partial charge in [0.05, 0.1) is 10.1 Å². The first-order valence-electron chi connectivity index (χ1n) is 7.26. The van der Waals surface area contributed by atoms with Gasteiger partial charge in [-0.15, -0.1) is 31.7 Å². The molecular formula is C14H16N4OS4. The molecule has 0 aliphatic rings. The maximum atomic E-state index is 5.77. The summed E-state index contributed by atoms with van der Waals surface area (Å²) in [5.41, 5.74) is 0. The van der Waals surface area contributed by atoms with Crippen LogP contribution >= 0.6 is 46.2 Å². The van der Waals surface area contributed by atoms with Gasteiger partial charge in [0.25, 0.3) is 5.89 Å². The predicted octanol–water partition coefficient (Wildman–Crippen LogP) is 5.40. The Bertz CT molecular complexity index is 725. The zero-order valence-electron chi connectivity index (χ0n) is 12.8. The van der Waals surface area contributed by atoms with Crippen molar-refractivity contribution in [3.8, 4) is 10.8 Å². The molecule has 9 heteroatoms. The van der Waals surface area contributed by atoms with E-state index in [2.05, 4.69) is 27.3 Å². The Kier molecular flexibility index (Phi) is 6.09. The number of hydrogen-bond donors (Lipinski definition) is 0. The third-order valence-corrected chi connectivity index (χ3v) is 7.08. The molecule has 1 atom stereocenters. The number of aromatic nitrogens is 4. The normalized spacial score (nSPS) is 12.6. The van der Waals surface area contributed by atoms with Gasteiger partial charge < -0.3 is 4.42 Å². The molecule has 0 fully saturated rings. The minimum atomic E-state index is 0.0534.